The van der Waals surface area contributed by atoms with Crippen LogP contribution in [-0.4, -0.2) is 34.1 Å². The molecule has 3 rings (SSSR count). The zero-order valence-electron chi connectivity index (χ0n) is 12.8. The third-order valence-electron chi connectivity index (χ3n) is 5.51. The molecule has 1 aliphatic heterocycles. The molecule has 1 aromatic rings. The van der Waals surface area contributed by atoms with Gasteiger partial charge in [0.2, 0.25) is 0 Å². The summed E-state index contributed by atoms with van der Waals surface area (Å²) in [5.74, 6) is -0.172. The lowest BCUT2D eigenvalue weighted by Crippen LogP contribution is -2.54. The van der Waals surface area contributed by atoms with Crippen molar-refractivity contribution in [1.29, 1.82) is 0 Å². The van der Waals surface area contributed by atoms with Gasteiger partial charge < -0.3 is 5.11 Å². The second-order valence-corrected chi connectivity index (χ2v) is 6.74. The molecule has 2 aliphatic rings. The molecular formula is C18H25NO2. The van der Waals surface area contributed by atoms with E-state index >= 15 is 0 Å². The van der Waals surface area contributed by atoms with Crippen molar-refractivity contribution in [2.75, 3.05) is 6.54 Å². The summed E-state index contributed by atoms with van der Waals surface area (Å²) in [6, 6.07) is 11.0. The standard InChI is InChI=1S/C18H25NO2/c1-18(17(20)21)12-7-13-19(18)16-11-6-5-10-15(16)14-8-3-2-4-9-14/h2-4,8-9,15-16H,5-7,10-13H2,1H3,(H,20,21). The number of carboxylic acid groups (broad SMARTS) is 1. The van der Waals surface area contributed by atoms with Crippen molar-refractivity contribution in [2.45, 2.75) is 62.9 Å². The van der Waals surface area contributed by atoms with Crippen molar-refractivity contribution in [1.82, 2.24) is 4.90 Å². The van der Waals surface area contributed by atoms with Crippen LogP contribution in [0.15, 0.2) is 30.3 Å². The fourth-order valence-electron chi connectivity index (χ4n) is 4.32. The summed E-state index contributed by atoms with van der Waals surface area (Å²) in [5.41, 5.74) is 0.705. The van der Waals surface area contributed by atoms with Crippen LogP contribution in [0.25, 0.3) is 0 Å². The molecule has 1 saturated carbocycles. The van der Waals surface area contributed by atoms with Gasteiger partial charge in [-0.2, -0.15) is 0 Å². The minimum Gasteiger partial charge on any atom is -0.480 e. The summed E-state index contributed by atoms with van der Waals surface area (Å²) in [6.45, 7) is 2.84. The van der Waals surface area contributed by atoms with Crippen molar-refractivity contribution in [3.8, 4) is 0 Å². The van der Waals surface area contributed by atoms with Gasteiger partial charge in [0.15, 0.2) is 0 Å². The Morgan fingerprint density at radius 1 is 1.19 bits per heavy atom. The van der Waals surface area contributed by atoms with Crippen LogP contribution >= 0.6 is 0 Å². The first-order valence-electron chi connectivity index (χ1n) is 8.18. The first-order valence-corrected chi connectivity index (χ1v) is 8.18. The van der Waals surface area contributed by atoms with E-state index in [1.54, 1.807) is 0 Å². The van der Waals surface area contributed by atoms with Crippen molar-refractivity contribution >= 4 is 5.97 Å². The van der Waals surface area contributed by atoms with E-state index in [9.17, 15) is 9.90 Å². The van der Waals surface area contributed by atoms with Gasteiger partial charge in [-0.05, 0) is 50.6 Å². The van der Waals surface area contributed by atoms with Gasteiger partial charge in [-0.1, -0.05) is 43.2 Å². The number of carboxylic acids is 1. The third-order valence-corrected chi connectivity index (χ3v) is 5.51. The second-order valence-electron chi connectivity index (χ2n) is 6.74. The summed E-state index contributed by atoms with van der Waals surface area (Å²) >= 11 is 0. The number of hydrogen-bond donors (Lipinski definition) is 1. The number of rotatable bonds is 3. The molecule has 1 heterocycles. The predicted octanol–water partition coefficient (Wildman–Crippen LogP) is 3.65. The first-order chi connectivity index (χ1) is 10.1. The maximum atomic E-state index is 11.8. The molecule has 1 saturated heterocycles. The highest BCUT2D eigenvalue weighted by Gasteiger charge is 2.48. The lowest BCUT2D eigenvalue weighted by molar-refractivity contribution is -0.150. The average molecular weight is 287 g/mol. The third kappa shape index (κ3) is 2.59. The smallest absolute Gasteiger partial charge is 0.323 e. The molecule has 0 bridgehead atoms. The lowest BCUT2D eigenvalue weighted by atomic mass is 9.78. The quantitative estimate of drug-likeness (QED) is 0.922. The summed E-state index contributed by atoms with van der Waals surface area (Å²) in [5, 5.41) is 9.69. The van der Waals surface area contributed by atoms with Crippen LogP contribution in [0.1, 0.15) is 56.9 Å². The van der Waals surface area contributed by atoms with Crippen molar-refractivity contribution in [3.05, 3.63) is 35.9 Å². The van der Waals surface area contributed by atoms with Gasteiger partial charge in [0.25, 0.3) is 0 Å². The normalized spacial score (nSPS) is 34.0. The van der Waals surface area contributed by atoms with E-state index in [2.05, 4.69) is 35.2 Å². The lowest BCUT2D eigenvalue weighted by Gasteiger charge is -2.44. The summed E-state index contributed by atoms with van der Waals surface area (Å²) in [6.07, 6.45) is 6.57. The number of aliphatic carboxylic acids is 1. The fourth-order valence-corrected chi connectivity index (χ4v) is 4.32. The van der Waals surface area contributed by atoms with E-state index < -0.39 is 11.5 Å². The fraction of sp³-hybridized carbons (Fsp3) is 0.611. The Bertz CT molecular complexity index is 501. The molecule has 114 valence electrons. The number of nitrogens with zero attached hydrogens (tertiary/aromatic N) is 1. The maximum Gasteiger partial charge on any atom is 0.323 e. The first kappa shape index (κ1) is 14.6. The molecule has 3 heteroatoms. The largest absolute Gasteiger partial charge is 0.480 e. The van der Waals surface area contributed by atoms with Crippen molar-refractivity contribution in [2.24, 2.45) is 0 Å². The molecule has 0 amide bonds. The highest BCUT2D eigenvalue weighted by atomic mass is 16.4. The molecule has 3 atom stereocenters. The highest BCUT2D eigenvalue weighted by molar-refractivity contribution is 5.78. The molecule has 1 aliphatic carbocycles. The van der Waals surface area contributed by atoms with Gasteiger partial charge in [-0.15, -0.1) is 0 Å². The predicted molar refractivity (Wildman–Crippen MR) is 83.4 cm³/mol. The molecule has 1 N–H and O–H groups in total. The Balaban J connectivity index is 1.89. The molecule has 1 aromatic carbocycles. The molecule has 21 heavy (non-hydrogen) atoms. The number of carbonyl (C=O) groups is 1. The van der Waals surface area contributed by atoms with Gasteiger partial charge >= 0.3 is 5.97 Å². The Morgan fingerprint density at radius 3 is 2.62 bits per heavy atom. The monoisotopic (exact) mass is 287 g/mol. The molecular weight excluding hydrogens is 262 g/mol. The zero-order valence-corrected chi connectivity index (χ0v) is 12.8. The summed E-state index contributed by atoms with van der Waals surface area (Å²) in [4.78, 5) is 14.1. The topological polar surface area (TPSA) is 40.5 Å². The Hall–Kier alpha value is -1.35. The molecule has 0 spiro atoms. The van der Waals surface area contributed by atoms with Crippen LogP contribution in [0.4, 0.5) is 0 Å². The van der Waals surface area contributed by atoms with E-state index in [0.717, 1.165) is 25.8 Å². The molecule has 0 aromatic heterocycles. The van der Waals surface area contributed by atoms with Crippen LogP contribution in [0, 0.1) is 0 Å². The highest BCUT2D eigenvalue weighted by Crippen LogP contribution is 2.42. The minimum absolute atomic E-state index is 0.379. The Morgan fingerprint density at radius 2 is 1.90 bits per heavy atom. The van der Waals surface area contributed by atoms with Gasteiger partial charge in [-0.25, -0.2) is 0 Å². The number of benzene rings is 1. The van der Waals surface area contributed by atoms with E-state index in [0.29, 0.717) is 12.0 Å². The van der Waals surface area contributed by atoms with Gasteiger partial charge in [0.1, 0.15) is 5.54 Å². The SMILES string of the molecule is CC1(C(=O)O)CCCN1C1CCCCC1c1ccccc1. The number of likely N-dealkylation sites (tertiary alicyclic amines) is 1. The van der Waals surface area contributed by atoms with E-state index in [1.807, 2.05) is 6.92 Å². The average Bonchev–Trinajstić information content (AvgIpc) is 2.91. The van der Waals surface area contributed by atoms with Gasteiger partial charge in [0, 0.05) is 6.04 Å². The van der Waals surface area contributed by atoms with Crippen LogP contribution < -0.4 is 0 Å². The van der Waals surface area contributed by atoms with E-state index in [1.165, 1.54) is 24.8 Å². The van der Waals surface area contributed by atoms with Crippen molar-refractivity contribution in [3.63, 3.8) is 0 Å². The van der Waals surface area contributed by atoms with E-state index in [-0.39, 0.29) is 0 Å². The number of hydrogen-bond acceptors (Lipinski definition) is 2. The Kier molecular flexibility index (Phi) is 4.03. The molecule has 0 radical (unpaired) electrons. The molecule has 3 unspecified atom stereocenters. The van der Waals surface area contributed by atoms with Gasteiger partial charge in [-0.3, -0.25) is 9.69 Å². The van der Waals surface area contributed by atoms with Crippen molar-refractivity contribution < 1.29 is 9.90 Å². The van der Waals surface area contributed by atoms with Crippen LogP contribution in [0.5, 0.6) is 0 Å². The van der Waals surface area contributed by atoms with Crippen LogP contribution in [-0.2, 0) is 4.79 Å². The molecule has 2 fully saturated rings. The Labute approximate surface area is 127 Å². The second kappa shape index (κ2) is 5.80. The van der Waals surface area contributed by atoms with E-state index in [4.69, 9.17) is 0 Å². The molecule has 3 nitrogen and oxygen atoms in total. The van der Waals surface area contributed by atoms with Crippen LogP contribution in [0.3, 0.4) is 0 Å². The summed E-state index contributed by atoms with van der Waals surface area (Å²) in [7, 11) is 0. The summed E-state index contributed by atoms with van der Waals surface area (Å²) < 4.78 is 0. The zero-order chi connectivity index (χ0) is 14.9. The minimum atomic E-state index is -0.672. The maximum absolute atomic E-state index is 11.8. The van der Waals surface area contributed by atoms with Crippen LogP contribution in [0.2, 0.25) is 0 Å². The van der Waals surface area contributed by atoms with Gasteiger partial charge in [0.05, 0.1) is 0 Å².